The Morgan fingerprint density at radius 1 is 1.23 bits per heavy atom. The number of nitrogens with two attached hydrogens (primary N) is 1. The Morgan fingerprint density at radius 2 is 1.92 bits per heavy atom. The Hall–Kier alpha value is -1.42. The van der Waals surface area contributed by atoms with E-state index in [2.05, 4.69) is 27.7 Å². The van der Waals surface area contributed by atoms with Crippen molar-refractivity contribution >= 4 is 17.3 Å². The third kappa shape index (κ3) is 1.53. The predicted octanol–water partition coefficient (Wildman–Crippen LogP) is 2.10. The summed E-state index contributed by atoms with van der Waals surface area (Å²) >= 11 is 1.68. The number of nitrogens with zero attached hydrogens (tertiary/aromatic N) is 2. The second kappa shape index (κ2) is 3.14. The molecular weight excluding hydrogens is 182 g/mol. The van der Waals surface area contributed by atoms with Crippen LogP contribution >= 0.6 is 11.3 Å². The molecule has 2 rings (SSSR count). The van der Waals surface area contributed by atoms with Gasteiger partial charge in [-0.05, 0) is 28.8 Å². The van der Waals surface area contributed by atoms with E-state index in [1.165, 1.54) is 11.1 Å². The molecule has 0 saturated heterocycles. The SMILES string of the molecule is Cc1cscc1-c1cnc(N)nc1. The summed E-state index contributed by atoms with van der Waals surface area (Å²) in [4.78, 5) is 7.90. The highest BCUT2D eigenvalue weighted by Crippen LogP contribution is 2.25. The summed E-state index contributed by atoms with van der Waals surface area (Å²) in [6.45, 7) is 2.07. The molecule has 0 radical (unpaired) electrons. The Labute approximate surface area is 80.3 Å². The Balaban J connectivity index is 2.47. The van der Waals surface area contributed by atoms with Gasteiger partial charge in [0.25, 0.3) is 0 Å². The van der Waals surface area contributed by atoms with Gasteiger partial charge >= 0.3 is 0 Å². The highest BCUT2D eigenvalue weighted by Gasteiger charge is 2.02. The van der Waals surface area contributed by atoms with E-state index in [-0.39, 0.29) is 0 Å². The molecule has 0 aromatic carbocycles. The summed E-state index contributed by atoms with van der Waals surface area (Å²) in [6, 6.07) is 0. The zero-order valence-electron chi connectivity index (χ0n) is 7.19. The van der Waals surface area contributed by atoms with Crippen LogP contribution in [0, 0.1) is 6.92 Å². The van der Waals surface area contributed by atoms with E-state index in [1.807, 2.05) is 0 Å². The second-order valence-corrected chi connectivity index (χ2v) is 3.54. The molecule has 2 aromatic heterocycles. The van der Waals surface area contributed by atoms with Crippen LogP contribution in [0.3, 0.4) is 0 Å². The van der Waals surface area contributed by atoms with Gasteiger partial charge in [-0.25, -0.2) is 9.97 Å². The molecule has 0 spiro atoms. The van der Waals surface area contributed by atoms with Crippen molar-refractivity contribution in [2.75, 3.05) is 5.73 Å². The van der Waals surface area contributed by atoms with Crippen LogP contribution in [0.15, 0.2) is 23.2 Å². The van der Waals surface area contributed by atoms with E-state index in [0.717, 1.165) is 5.56 Å². The largest absolute Gasteiger partial charge is 0.368 e. The monoisotopic (exact) mass is 191 g/mol. The summed E-state index contributed by atoms with van der Waals surface area (Å²) in [5.74, 6) is 0.316. The van der Waals surface area contributed by atoms with Gasteiger partial charge in [-0.1, -0.05) is 0 Å². The van der Waals surface area contributed by atoms with Crippen molar-refractivity contribution in [3.05, 3.63) is 28.7 Å². The predicted molar refractivity (Wildman–Crippen MR) is 54.5 cm³/mol. The van der Waals surface area contributed by atoms with Crippen molar-refractivity contribution in [3.63, 3.8) is 0 Å². The fraction of sp³-hybridized carbons (Fsp3) is 0.111. The maximum absolute atomic E-state index is 5.40. The first-order valence-corrected chi connectivity index (χ1v) is 4.82. The van der Waals surface area contributed by atoms with Gasteiger partial charge in [-0.3, -0.25) is 0 Å². The average molecular weight is 191 g/mol. The number of thiophene rings is 1. The minimum absolute atomic E-state index is 0.316. The fourth-order valence-corrected chi connectivity index (χ4v) is 1.99. The third-order valence-electron chi connectivity index (χ3n) is 1.84. The maximum Gasteiger partial charge on any atom is 0.219 e. The summed E-state index contributed by atoms with van der Waals surface area (Å²) in [5.41, 5.74) is 8.85. The summed E-state index contributed by atoms with van der Waals surface area (Å²) in [6.07, 6.45) is 3.49. The van der Waals surface area contributed by atoms with Crippen LogP contribution in [-0.4, -0.2) is 9.97 Å². The van der Waals surface area contributed by atoms with E-state index < -0.39 is 0 Å². The number of hydrogen-bond acceptors (Lipinski definition) is 4. The molecule has 0 saturated carbocycles. The fourth-order valence-electron chi connectivity index (χ4n) is 1.13. The van der Waals surface area contributed by atoms with E-state index in [9.17, 15) is 0 Å². The molecular formula is C9H9N3S. The molecule has 0 unspecified atom stereocenters. The third-order valence-corrected chi connectivity index (χ3v) is 2.70. The van der Waals surface area contributed by atoms with Gasteiger partial charge in [0.15, 0.2) is 0 Å². The van der Waals surface area contributed by atoms with Gasteiger partial charge in [0.05, 0.1) is 0 Å². The summed E-state index contributed by atoms with van der Waals surface area (Å²) in [5, 5.41) is 4.19. The van der Waals surface area contributed by atoms with Crippen LogP contribution in [0.1, 0.15) is 5.56 Å². The van der Waals surface area contributed by atoms with Crippen molar-refractivity contribution in [1.82, 2.24) is 9.97 Å². The molecule has 0 aliphatic heterocycles. The lowest BCUT2D eigenvalue weighted by molar-refractivity contribution is 1.19. The number of anilines is 1. The Morgan fingerprint density at radius 3 is 2.46 bits per heavy atom. The highest BCUT2D eigenvalue weighted by molar-refractivity contribution is 7.08. The van der Waals surface area contributed by atoms with E-state index in [0.29, 0.717) is 5.95 Å². The molecule has 2 aromatic rings. The summed E-state index contributed by atoms with van der Waals surface area (Å²) < 4.78 is 0. The van der Waals surface area contributed by atoms with Crippen LogP contribution in [0.5, 0.6) is 0 Å². The van der Waals surface area contributed by atoms with Gasteiger partial charge in [0.1, 0.15) is 0 Å². The van der Waals surface area contributed by atoms with Gasteiger partial charge in [-0.15, -0.1) is 0 Å². The van der Waals surface area contributed by atoms with Crippen LogP contribution in [0.2, 0.25) is 0 Å². The first-order chi connectivity index (χ1) is 6.27. The number of aryl methyl sites for hydroxylation is 1. The van der Waals surface area contributed by atoms with Crippen LogP contribution < -0.4 is 5.73 Å². The number of aromatic nitrogens is 2. The first-order valence-electron chi connectivity index (χ1n) is 3.88. The van der Waals surface area contributed by atoms with Crippen LogP contribution in [0.25, 0.3) is 11.1 Å². The van der Waals surface area contributed by atoms with Gasteiger partial charge in [0.2, 0.25) is 5.95 Å². The van der Waals surface area contributed by atoms with Crippen LogP contribution in [0.4, 0.5) is 5.95 Å². The van der Waals surface area contributed by atoms with Crippen molar-refractivity contribution in [3.8, 4) is 11.1 Å². The van der Waals surface area contributed by atoms with Crippen molar-refractivity contribution in [2.45, 2.75) is 6.92 Å². The molecule has 66 valence electrons. The lowest BCUT2D eigenvalue weighted by Gasteiger charge is -1.98. The molecule has 2 heterocycles. The Kier molecular flexibility index (Phi) is 1.98. The normalized spacial score (nSPS) is 10.2. The number of nitrogen functional groups attached to an aromatic ring is 1. The van der Waals surface area contributed by atoms with Gasteiger partial charge < -0.3 is 5.73 Å². The van der Waals surface area contributed by atoms with Crippen molar-refractivity contribution in [1.29, 1.82) is 0 Å². The minimum Gasteiger partial charge on any atom is -0.368 e. The smallest absolute Gasteiger partial charge is 0.219 e. The lowest BCUT2D eigenvalue weighted by atomic mass is 10.1. The topological polar surface area (TPSA) is 51.8 Å². The van der Waals surface area contributed by atoms with Gasteiger partial charge in [-0.2, -0.15) is 11.3 Å². The molecule has 13 heavy (non-hydrogen) atoms. The zero-order chi connectivity index (χ0) is 9.26. The van der Waals surface area contributed by atoms with E-state index >= 15 is 0 Å². The molecule has 4 heteroatoms. The molecule has 0 aliphatic carbocycles. The van der Waals surface area contributed by atoms with E-state index in [4.69, 9.17) is 5.73 Å². The quantitative estimate of drug-likeness (QED) is 0.751. The standard InChI is InChI=1S/C9H9N3S/c1-6-4-13-5-8(6)7-2-11-9(10)12-3-7/h2-5H,1H3,(H2,10,11,12). The molecule has 0 aliphatic rings. The number of rotatable bonds is 1. The second-order valence-electron chi connectivity index (χ2n) is 2.80. The molecule has 0 fully saturated rings. The molecule has 2 N–H and O–H groups in total. The van der Waals surface area contributed by atoms with Crippen molar-refractivity contribution in [2.24, 2.45) is 0 Å². The molecule has 0 bridgehead atoms. The zero-order valence-corrected chi connectivity index (χ0v) is 8.01. The highest BCUT2D eigenvalue weighted by atomic mass is 32.1. The Bertz CT molecular complexity index is 405. The molecule has 3 nitrogen and oxygen atoms in total. The van der Waals surface area contributed by atoms with E-state index in [1.54, 1.807) is 23.7 Å². The van der Waals surface area contributed by atoms with Crippen LogP contribution in [-0.2, 0) is 0 Å². The van der Waals surface area contributed by atoms with Gasteiger partial charge in [0, 0.05) is 18.0 Å². The minimum atomic E-state index is 0.316. The first kappa shape index (κ1) is 8.19. The average Bonchev–Trinajstić information content (AvgIpc) is 2.53. The summed E-state index contributed by atoms with van der Waals surface area (Å²) in [7, 11) is 0. The molecule has 0 atom stereocenters. The number of hydrogen-bond donors (Lipinski definition) is 1. The lowest BCUT2D eigenvalue weighted by Crippen LogP contribution is -1.93. The molecule has 0 amide bonds. The maximum atomic E-state index is 5.40. The van der Waals surface area contributed by atoms with Crippen molar-refractivity contribution < 1.29 is 0 Å².